The van der Waals surface area contributed by atoms with Gasteiger partial charge in [-0.15, -0.1) is 0 Å². The van der Waals surface area contributed by atoms with E-state index in [2.05, 4.69) is 28.5 Å². The molecule has 1 aliphatic rings. The summed E-state index contributed by atoms with van der Waals surface area (Å²) < 4.78 is 5.50. The summed E-state index contributed by atoms with van der Waals surface area (Å²) in [7, 11) is 0. The smallest absolute Gasteiger partial charge is 0.227 e. The van der Waals surface area contributed by atoms with Gasteiger partial charge in [-0.05, 0) is 48.9 Å². The van der Waals surface area contributed by atoms with Crippen LogP contribution < -0.4 is 5.32 Å². The fourth-order valence-corrected chi connectivity index (χ4v) is 3.45. The SMILES string of the molecule is C[C@@H](CO)NC(=O)C1(Cc2cccc(-c3cccnc3)c2)CCOCC1. The predicted molar refractivity (Wildman–Crippen MR) is 101 cm³/mol. The second-order valence-corrected chi connectivity index (χ2v) is 7.07. The molecule has 5 nitrogen and oxygen atoms in total. The molecule has 5 heteroatoms. The molecule has 1 saturated heterocycles. The minimum absolute atomic E-state index is 0.00845. The number of nitrogens with zero attached hydrogens (tertiary/aromatic N) is 1. The molecule has 0 aliphatic carbocycles. The molecule has 1 aromatic carbocycles. The van der Waals surface area contributed by atoms with E-state index < -0.39 is 5.41 Å². The van der Waals surface area contributed by atoms with Crippen molar-refractivity contribution in [1.29, 1.82) is 0 Å². The summed E-state index contributed by atoms with van der Waals surface area (Å²) in [5.41, 5.74) is 2.80. The molecule has 26 heavy (non-hydrogen) atoms. The summed E-state index contributed by atoms with van der Waals surface area (Å²) in [6.07, 6.45) is 5.65. The van der Waals surface area contributed by atoms with Crippen molar-refractivity contribution in [1.82, 2.24) is 10.3 Å². The van der Waals surface area contributed by atoms with Gasteiger partial charge in [0.25, 0.3) is 0 Å². The number of benzene rings is 1. The second kappa shape index (κ2) is 8.43. The maximum Gasteiger partial charge on any atom is 0.227 e. The highest BCUT2D eigenvalue weighted by Crippen LogP contribution is 2.35. The monoisotopic (exact) mass is 354 g/mol. The van der Waals surface area contributed by atoms with Gasteiger partial charge >= 0.3 is 0 Å². The zero-order valence-corrected chi connectivity index (χ0v) is 15.1. The number of aliphatic hydroxyl groups is 1. The third kappa shape index (κ3) is 4.29. The number of hydrogen-bond acceptors (Lipinski definition) is 4. The average Bonchev–Trinajstić information content (AvgIpc) is 2.69. The zero-order chi connectivity index (χ0) is 18.4. The first-order valence-corrected chi connectivity index (χ1v) is 9.12. The summed E-state index contributed by atoms with van der Waals surface area (Å²) in [5.74, 6) is 0.00845. The van der Waals surface area contributed by atoms with Gasteiger partial charge in [-0.3, -0.25) is 9.78 Å². The molecule has 3 rings (SSSR count). The number of nitrogens with one attached hydrogen (secondary N) is 1. The molecule has 0 spiro atoms. The third-order valence-electron chi connectivity index (χ3n) is 5.05. The van der Waals surface area contributed by atoms with Crippen molar-refractivity contribution in [2.24, 2.45) is 5.41 Å². The van der Waals surface area contributed by atoms with Crippen LogP contribution in [-0.2, 0) is 16.0 Å². The number of amides is 1. The van der Waals surface area contributed by atoms with Crippen molar-refractivity contribution in [2.45, 2.75) is 32.2 Å². The van der Waals surface area contributed by atoms with Gasteiger partial charge in [0.1, 0.15) is 0 Å². The molecule has 1 fully saturated rings. The lowest BCUT2D eigenvalue weighted by molar-refractivity contribution is -0.137. The van der Waals surface area contributed by atoms with E-state index in [0.717, 1.165) is 16.7 Å². The van der Waals surface area contributed by atoms with Gasteiger partial charge in [0.2, 0.25) is 5.91 Å². The lowest BCUT2D eigenvalue weighted by atomic mass is 9.74. The van der Waals surface area contributed by atoms with Crippen LogP contribution in [0, 0.1) is 5.41 Å². The molecular formula is C21H26N2O3. The van der Waals surface area contributed by atoms with Crippen molar-refractivity contribution in [3.05, 3.63) is 54.4 Å². The van der Waals surface area contributed by atoms with Crippen LogP contribution in [0.4, 0.5) is 0 Å². The van der Waals surface area contributed by atoms with E-state index in [1.54, 1.807) is 6.20 Å². The van der Waals surface area contributed by atoms with Crippen molar-refractivity contribution < 1.29 is 14.6 Å². The van der Waals surface area contributed by atoms with Crippen LogP contribution in [0.3, 0.4) is 0 Å². The highest BCUT2D eigenvalue weighted by molar-refractivity contribution is 5.83. The number of ether oxygens (including phenoxy) is 1. The van der Waals surface area contributed by atoms with Crippen LogP contribution in [0.25, 0.3) is 11.1 Å². The van der Waals surface area contributed by atoms with Crippen LogP contribution in [0.1, 0.15) is 25.3 Å². The number of aliphatic hydroxyl groups excluding tert-OH is 1. The Hall–Kier alpha value is -2.24. The standard InChI is InChI=1S/C21H26N2O3/c1-16(15-24)23-20(25)21(7-10-26-11-8-21)13-17-4-2-5-18(12-17)19-6-3-9-22-14-19/h2-6,9,12,14,16,24H,7-8,10-11,13,15H2,1H3,(H,23,25)/t16-/m0/s1. The molecule has 0 unspecified atom stereocenters. The second-order valence-electron chi connectivity index (χ2n) is 7.07. The number of aromatic nitrogens is 1. The van der Waals surface area contributed by atoms with Crippen LogP contribution in [0.2, 0.25) is 0 Å². The fourth-order valence-electron chi connectivity index (χ4n) is 3.45. The van der Waals surface area contributed by atoms with Crippen LogP contribution in [-0.4, -0.2) is 41.9 Å². The predicted octanol–water partition coefficient (Wildman–Crippen LogP) is 2.58. The highest BCUT2D eigenvalue weighted by Gasteiger charge is 2.40. The summed E-state index contributed by atoms with van der Waals surface area (Å²) in [4.78, 5) is 17.1. The van der Waals surface area contributed by atoms with E-state index in [1.165, 1.54) is 0 Å². The molecule has 138 valence electrons. The lowest BCUT2D eigenvalue weighted by Crippen LogP contribution is -2.49. The first-order chi connectivity index (χ1) is 12.6. The van der Waals surface area contributed by atoms with Crippen molar-refractivity contribution in [3.63, 3.8) is 0 Å². The number of carbonyl (C=O) groups excluding carboxylic acids is 1. The van der Waals surface area contributed by atoms with E-state index in [0.29, 0.717) is 32.5 Å². The van der Waals surface area contributed by atoms with E-state index in [9.17, 15) is 9.90 Å². The zero-order valence-electron chi connectivity index (χ0n) is 15.1. The van der Waals surface area contributed by atoms with Gasteiger partial charge in [-0.25, -0.2) is 0 Å². The maximum atomic E-state index is 13.0. The number of pyridine rings is 1. The molecule has 1 aromatic heterocycles. The summed E-state index contributed by atoms with van der Waals surface area (Å²) in [6, 6.07) is 12.0. The maximum absolute atomic E-state index is 13.0. The average molecular weight is 354 g/mol. The van der Waals surface area contributed by atoms with Crippen LogP contribution in [0.5, 0.6) is 0 Å². The van der Waals surface area contributed by atoms with Crippen LogP contribution in [0.15, 0.2) is 48.8 Å². The Labute approximate surface area is 154 Å². The molecule has 2 N–H and O–H groups in total. The molecule has 1 amide bonds. The molecule has 0 saturated carbocycles. The number of carbonyl (C=O) groups is 1. The Bertz CT molecular complexity index is 727. The van der Waals surface area contributed by atoms with Gasteiger partial charge < -0.3 is 15.2 Å². The Morgan fingerprint density at radius 2 is 2.04 bits per heavy atom. The summed E-state index contributed by atoms with van der Waals surface area (Å²) in [6.45, 7) is 2.93. The first-order valence-electron chi connectivity index (χ1n) is 9.12. The molecule has 2 heterocycles. The van der Waals surface area contributed by atoms with E-state index in [1.807, 2.05) is 31.3 Å². The largest absolute Gasteiger partial charge is 0.394 e. The Kier molecular flexibility index (Phi) is 6.01. The van der Waals surface area contributed by atoms with Gasteiger partial charge in [0.15, 0.2) is 0 Å². The molecule has 1 atom stereocenters. The Morgan fingerprint density at radius 1 is 1.27 bits per heavy atom. The topological polar surface area (TPSA) is 71.5 Å². The minimum atomic E-state index is -0.491. The molecular weight excluding hydrogens is 328 g/mol. The van der Waals surface area contributed by atoms with E-state index >= 15 is 0 Å². The summed E-state index contributed by atoms with van der Waals surface area (Å²) in [5, 5.41) is 12.2. The molecule has 1 aliphatic heterocycles. The van der Waals surface area contributed by atoms with Gasteiger partial charge in [-0.1, -0.05) is 30.3 Å². The first kappa shape index (κ1) is 18.5. The summed E-state index contributed by atoms with van der Waals surface area (Å²) >= 11 is 0. The molecule has 0 radical (unpaired) electrons. The fraction of sp³-hybridized carbons (Fsp3) is 0.429. The van der Waals surface area contributed by atoms with Crippen molar-refractivity contribution >= 4 is 5.91 Å². The van der Waals surface area contributed by atoms with Crippen molar-refractivity contribution in [3.8, 4) is 11.1 Å². The third-order valence-corrected chi connectivity index (χ3v) is 5.05. The van der Waals surface area contributed by atoms with Gasteiger partial charge in [-0.2, -0.15) is 0 Å². The lowest BCUT2D eigenvalue weighted by Gasteiger charge is -2.36. The van der Waals surface area contributed by atoms with Gasteiger partial charge in [0, 0.05) is 31.6 Å². The van der Waals surface area contributed by atoms with E-state index in [-0.39, 0.29) is 18.6 Å². The van der Waals surface area contributed by atoms with E-state index in [4.69, 9.17) is 4.74 Å². The quantitative estimate of drug-likeness (QED) is 0.836. The molecule has 2 aromatic rings. The van der Waals surface area contributed by atoms with Gasteiger partial charge in [0.05, 0.1) is 12.0 Å². The Balaban J connectivity index is 1.84. The molecule has 0 bridgehead atoms. The van der Waals surface area contributed by atoms with Crippen molar-refractivity contribution in [2.75, 3.05) is 19.8 Å². The number of hydrogen-bond donors (Lipinski definition) is 2. The minimum Gasteiger partial charge on any atom is -0.394 e. The normalized spacial score (nSPS) is 17.5. The van der Waals surface area contributed by atoms with Crippen LogP contribution >= 0.6 is 0 Å². The Morgan fingerprint density at radius 3 is 2.73 bits per heavy atom. The number of rotatable bonds is 6. The highest BCUT2D eigenvalue weighted by atomic mass is 16.5.